The summed E-state index contributed by atoms with van der Waals surface area (Å²) in [6, 6.07) is 15.5. The molecule has 0 fully saturated rings. The number of hydrogen-bond acceptors (Lipinski definition) is 5. The van der Waals surface area contributed by atoms with Gasteiger partial charge in [-0.2, -0.15) is 0 Å². The second-order valence-electron chi connectivity index (χ2n) is 6.66. The van der Waals surface area contributed by atoms with Gasteiger partial charge in [-0.3, -0.25) is 14.3 Å². The molecule has 0 aliphatic carbocycles. The standard InChI is InChI=1S/C22H19ClN4OS2/c1-15-5-3-7-19(11-15)26-10-9-24-21(26)29-13-18-14-30-22(25-18)27(16(2)28)20-8-4-6-17(23)12-20/h3-12,14H,13H2,1-2H3. The van der Waals surface area contributed by atoms with Gasteiger partial charge in [0.1, 0.15) is 0 Å². The minimum absolute atomic E-state index is 0.110. The van der Waals surface area contributed by atoms with E-state index < -0.39 is 0 Å². The summed E-state index contributed by atoms with van der Waals surface area (Å²) < 4.78 is 2.07. The number of halogens is 1. The van der Waals surface area contributed by atoms with E-state index in [2.05, 4.69) is 39.7 Å². The molecule has 4 aromatic rings. The van der Waals surface area contributed by atoms with Crippen molar-refractivity contribution < 1.29 is 4.79 Å². The van der Waals surface area contributed by atoms with E-state index in [-0.39, 0.29) is 5.91 Å². The van der Waals surface area contributed by atoms with Gasteiger partial charge < -0.3 is 0 Å². The molecule has 5 nitrogen and oxygen atoms in total. The number of amides is 1. The SMILES string of the molecule is CC(=O)N(c1cccc(Cl)c1)c1nc(CSc2nccn2-c2cccc(C)c2)cs1. The lowest BCUT2D eigenvalue weighted by molar-refractivity contribution is -0.115. The van der Waals surface area contributed by atoms with Gasteiger partial charge in [-0.15, -0.1) is 11.3 Å². The highest BCUT2D eigenvalue weighted by molar-refractivity contribution is 7.98. The fraction of sp³-hybridized carbons (Fsp3) is 0.136. The van der Waals surface area contributed by atoms with E-state index >= 15 is 0 Å². The average molecular weight is 455 g/mol. The average Bonchev–Trinajstić information content (AvgIpc) is 3.36. The van der Waals surface area contributed by atoms with Gasteiger partial charge in [0.2, 0.25) is 5.91 Å². The Morgan fingerprint density at radius 2 is 2.07 bits per heavy atom. The lowest BCUT2D eigenvalue weighted by atomic mass is 10.2. The molecule has 30 heavy (non-hydrogen) atoms. The molecule has 0 radical (unpaired) electrons. The van der Waals surface area contributed by atoms with Crippen LogP contribution in [0.4, 0.5) is 10.8 Å². The number of imidazole rings is 1. The third kappa shape index (κ3) is 4.59. The molecule has 2 aromatic heterocycles. The predicted molar refractivity (Wildman–Crippen MR) is 124 cm³/mol. The van der Waals surface area contributed by atoms with E-state index in [9.17, 15) is 4.79 Å². The topological polar surface area (TPSA) is 51.0 Å². The molecule has 152 valence electrons. The minimum Gasteiger partial charge on any atom is -0.295 e. The number of carbonyl (C=O) groups excluding carboxylic acids is 1. The Morgan fingerprint density at radius 3 is 2.83 bits per heavy atom. The zero-order valence-electron chi connectivity index (χ0n) is 16.4. The number of rotatable bonds is 6. The van der Waals surface area contributed by atoms with Gasteiger partial charge in [-0.05, 0) is 42.8 Å². The number of aryl methyl sites for hydroxylation is 1. The molecule has 0 N–H and O–H groups in total. The van der Waals surface area contributed by atoms with Crippen LogP contribution in [0.3, 0.4) is 0 Å². The number of carbonyl (C=O) groups is 1. The summed E-state index contributed by atoms with van der Waals surface area (Å²) in [5, 5.41) is 4.08. The van der Waals surface area contributed by atoms with Crippen molar-refractivity contribution in [2.75, 3.05) is 4.90 Å². The molecular formula is C22H19ClN4OS2. The third-order valence-corrected chi connectivity index (χ3v) is 6.46. The smallest absolute Gasteiger partial charge is 0.230 e. The quantitative estimate of drug-likeness (QED) is 0.322. The Balaban J connectivity index is 1.52. The van der Waals surface area contributed by atoms with Crippen LogP contribution in [-0.2, 0) is 10.5 Å². The largest absolute Gasteiger partial charge is 0.295 e. The Kier molecular flexibility index (Phi) is 6.22. The van der Waals surface area contributed by atoms with E-state index in [1.54, 1.807) is 35.0 Å². The Morgan fingerprint density at radius 1 is 1.23 bits per heavy atom. The number of nitrogens with zero attached hydrogens (tertiary/aromatic N) is 4. The second-order valence-corrected chi connectivity index (χ2v) is 8.88. The molecule has 2 aromatic carbocycles. The van der Waals surface area contributed by atoms with E-state index in [4.69, 9.17) is 11.6 Å². The fourth-order valence-electron chi connectivity index (χ4n) is 3.02. The van der Waals surface area contributed by atoms with Crippen molar-refractivity contribution in [1.82, 2.24) is 14.5 Å². The van der Waals surface area contributed by atoms with Crippen molar-refractivity contribution in [2.24, 2.45) is 0 Å². The van der Waals surface area contributed by atoms with E-state index in [0.717, 1.165) is 16.5 Å². The van der Waals surface area contributed by atoms with Gasteiger partial charge >= 0.3 is 0 Å². The summed E-state index contributed by atoms with van der Waals surface area (Å²) in [6.07, 6.45) is 3.76. The zero-order valence-corrected chi connectivity index (χ0v) is 18.8. The van der Waals surface area contributed by atoms with Crippen LogP contribution in [0.15, 0.2) is 71.5 Å². The highest BCUT2D eigenvalue weighted by Crippen LogP contribution is 2.32. The van der Waals surface area contributed by atoms with Crippen LogP contribution in [0.5, 0.6) is 0 Å². The van der Waals surface area contributed by atoms with Gasteiger partial charge in [0, 0.05) is 41.2 Å². The van der Waals surface area contributed by atoms with Gasteiger partial charge in [0.15, 0.2) is 10.3 Å². The normalized spacial score (nSPS) is 10.9. The van der Waals surface area contributed by atoms with Crippen LogP contribution >= 0.6 is 34.7 Å². The van der Waals surface area contributed by atoms with Crippen molar-refractivity contribution in [3.8, 4) is 5.69 Å². The van der Waals surface area contributed by atoms with Gasteiger partial charge in [0.05, 0.1) is 11.4 Å². The van der Waals surface area contributed by atoms with Crippen molar-refractivity contribution in [3.05, 3.63) is 82.6 Å². The Labute approximate surface area is 188 Å². The zero-order chi connectivity index (χ0) is 21.1. The molecule has 0 aliphatic heterocycles. The molecule has 8 heteroatoms. The molecular weight excluding hydrogens is 436 g/mol. The maximum atomic E-state index is 12.3. The molecule has 0 saturated heterocycles. The number of anilines is 2. The van der Waals surface area contributed by atoms with Crippen LogP contribution < -0.4 is 4.90 Å². The predicted octanol–water partition coefficient (Wildman–Crippen LogP) is 6.27. The number of thioether (sulfide) groups is 1. The van der Waals surface area contributed by atoms with Crippen molar-refractivity contribution in [2.45, 2.75) is 24.8 Å². The minimum atomic E-state index is -0.110. The van der Waals surface area contributed by atoms with Crippen molar-refractivity contribution in [1.29, 1.82) is 0 Å². The first-order valence-corrected chi connectivity index (χ1v) is 11.5. The summed E-state index contributed by atoms with van der Waals surface area (Å²) in [5.74, 6) is 0.543. The molecule has 0 bridgehead atoms. The summed E-state index contributed by atoms with van der Waals surface area (Å²) in [4.78, 5) is 23.0. The van der Waals surface area contributed by atoms with Gasteiger partial charge in [-0.1, -0.05) is 41.6 Å². The van der Waals surface area contributed by atoms with E-state index in [0.29, 0.717) is 21.6 Å². The fourth-order valence-corrected chi connectivity index (χ4v) is 5.06. The first kappa shape index (κ1) is 20.7. The molecule has 0 atom stereocenters. The summed E-state index contributed by atoms with van der Waals surface area (Å²) >= 11 is 9.15. The molecule has 2 heterocycles. The highest BCUT2D eigenvalue weighted by Gasteiger charge is 2.18. The second kappa shape index (κ2) is 9.04. The van der Waals surface area contributed by atoms with Gasteiger partial charge in [0.25, 0.3) is 0 Å². The summed E-state index contributed by atoms with van der Waals surface area (Å²) in [6.45, 7) is 3.60. The first-order valence-electron chi connectivity index (χ1n) is 9.25. The number of hydrogen-bond donors (Lipinski definition) is 0. The van der Waals surface area contributed by atoms with Crippen LogP contribution in [-0.4, -0.2) is 20.4 Å². The molecule has 4 rings (SSSR count). The first-order chi connectivity index (χ1) is 14.5. The number of aromatic nitrogens is 3. The third-order valence-electron chi connectivity index (χ3n) is 4.35. The molecule has 0 aliphatic rings. The van der Waals surface area contributed by atoms with Crippen LogP contribution in [0, 0.1) is 6.92 Å². The Hall–Kier alpha value is -2.61. The lowest BCUT2D eigenvalue weighted by Gasteiger charge is -2.18. The van der Waals surface area contributed by atoms with E-state index in [1.807, 2.05) is 29.8 Å². The van der Waals surface area contributed by atoms with Crippen LogP contribution in [0.2, 0.25) is 5.02 Å². The maximum Gasteiger partial charge on any atom is 0.230 e. The molecule has 0 saturated carbocycles. The summed E-state index contributed by atoms with van der Waals surface area (Å²) in [5.41, 5.74) is 3.88. The van der Waals surface area contributed by atoms with Crippen LogP contribution in [0.1, 0.15) is 18.2 Å². The monoisotopic (exact) mass is 454 g/mol. The van der Waals surface area contributed by atoms with Crippen molar-refractivity contribution in [3.63, 3.8) is 0 Å². The molecule has 1 amide bonds. The maximum absolute atomic E-state index is 12.3. The van der Waals surface area contributed by atoms with E-state index in [1.165, 1.54) is 23.8 Å². The summed E-state index contributed by atoms with van der Waals surface area (Å²) in [7, 11) is 0. The van der Waals surface area contributed by atoms with Gasteiger partial charge in [-0.25, -0.2) is 9.97 Å². The Bertz CT molecular complexity index is 1190. The molecule has 0 unspecified atom stereocenters. The number of benzene rings is 2. The van der Waals surface area contributed by atoms with Crippen molar-refractivity contribution >= 4 is 51.4 Å². The number of thiazole rings is 1. The highest BCUT2D eigenvalue weighted by atomic mass is 35.5. The molecule has 0 spiro atoms. The van der Waals surface area contributed by atoms with Crippen LogP contribution in [0.25, 0.3) is 5.69 Å². The lowest BCUT2D eigenvalue weighted by Crippen LogP contribution is -2.22.